The molecule has 0 spiro atoms. The monoisotopic (exact) mass is 471 g/mol. The molecule has 0 fully saturated rings. The third-order valence-electron chi connectivity index (χ3n) is 7.52. The largest absolute Gasteiger partial charge is 0.377 e. The first-order valence-corrected chi connectivity index (χ1v) is 13.2. The first-order valence-electron chi connectivity index (χ1n) is 13.2. The predicted octanol–water partition coefficient (Wildman–Crippen LogP) is 9.68. The minimum atomic E-state index is -0.0108. The first kappa shape index (κ1) is 28.7. The smallest absolute Gasteiger partial charge is 0.0353 e. The van der Waals surface area contributed by atoms with Crippen LogP contribution in [0, 0.1) is 16.7 Å². The standard InChI is InChI=1S/C34H49N/c1-12-19-35(11)20-15-17-29-23-31(21-26(4)33(6,7)8)34(9,10)24-30(25(3)13-2)22-28-16-14-18-32(29)27(28)5/h12-19,21-23,27H,20,24H2,1-11H3/b17-15+,19-12-,25-13+,26-21+,30-22+,31-23-,32-29-. The molecule has 0 amide bonds. The van der Waals surface area contributed by atoms with E-state index < -0.39 is 0 Å². The zero-order chi connectivity index (χ0) is 26.4. The van der Waals surface area contributed by atoms with Gasteiger partial charge in [0.2, 0.25) is 0 Å². The molecule has 190 valence electrons. The molecule has 0 saturated heterocycles. The van der Waals surface area contributed by atoms with Gasteiger partial charge in [0.05, 0.1) is 0 Å². The van der Waals surface area contributed by atoms with Crippen molar-refractivity contribution in [1.82, 2.24) is 4.90 Å². The van der Waals surface area contributed by atoms with E-state index in [9.17, 15) is 0 Å². The van der Waals surface area contributed by atoms with E-state index in [1.807, 2.05) is 0 Å². The normalized spacial score (nSPS) is 26.9. The summed E-state index contributed by atoms with van der Waals surface area (Å²) in [5, 5.41) is 0. The highest BCUT2D eigenvalue weighted by molar-refractivity contribution is 5.55. The van der Waals surface area contributed by atoms with E-state index in [1.165, 1.54) is 39.0 Å². The number of likely N-dealkylation sites (N-methyl/N-ethyl adjacent to an activating group) is 1. The van der Waals surface area contributed by atoms with Crippen LogP contribution in [0.1, 0.15) is 75.7 Å². The molecule has 1 atom stereocenters. The highest BCUT2D eigenvalue weighted by Gasteiger charge is 2.28. The van der Waals surface area contributed by atoms with Crippen molar-refractivity contribution < 1.29 is 0 Å². The molecular formula is C34H49N. The molecule has 2 bridgehead atoms. The Balaban J connectivity index is 2.81. The van der Waals surface area contributed by atoms with Crippen LogP contribution in [0.4, 0.5) is 0 Å². The van der Waals surface area contributed by atoms with Gasteiger partial charge >= 0.3 is 0 Å². The zero-order valence-electron chi connectivity index (χ0n) is 24.3. The van der Waals surface area contributed by atoms with E-state index in [2.05, 4.69) is 148 Å². The first-order chi connectivity index (χ1) is 16.3. The van der Waals surface area contributed by atoms with Gasteiger partial charge < -0.3 is 4.90 Å². The third-order valence-corrected chi connectivity index (χ3v) is 7.52. The molecule has 1 heteroatoms. The molecule has 2 aliphatic carbocycles. The summed E-state index contributed by atoms with van der Waals surface area (Å²) in [4.78, 5) is 2.21. The molecule has 35 heavy (non-hydrogen) atoms. The zero-order valence-corrected chi connectivity index (χ0v) is 24.3. The molecule has 2 aliphatic rings. The molecule has 1 unspecified atom stereocenters. The molecule has 0 aromatic heterocycles. The molecule has 0 aromatic carbocycles. The summed E-state index contributed by atoms with van der Waals surface area (Å²) in [6, 6.07) is 0. The molecule has 1 nitrogen and oxygen atoms in total. The topological polar surface area (TPSA) is 3.24 Å². The Labute approximate surface area is 216 Å². The van der Waals surface area contributed by atoms with Crippen molar-refractivity contribution in [3.05, 3.63) is 106 Å². The average Bonchev–Trinajstić information content (AvgIpc) is 2.76. The number of fused-ring (bicyclic) bond motifs is 2. The van der Waals surface area contributed by atoms with E-state index in [4.69, 9.17) is 0 Å². The fourth-order valence-corrected chi connectivity index (χ4v) is 4.46. The Bertz CT molecular complexity index is 1050. The summed E-state index contributed by atoms with van der Waals surface area (Å²) < 4.78 is 0. The second kappa shape index (κ2) is 11.9. The quantitative estimate of drug-likeness (QED) is 0.372. The summed E-state index contributed by atoms with van der Waals surface area (Å²) >= 11 is 0. The molecule has 0 N–H and O–H groups in total. The Morgan fingerprint density at radius 1 is 1.14 bits per heavy atom. The van der Waals surface area contributed by atoms with Crippen molar-refractivity contribution in [3.63, 3.8) is 0 Å². The van der Waals surface area contributed by atoms with E-state index in [0.29, 0.717) is 5.92 Å². The summed E-state index contributed by atoms with van der Waals surface area (Å²) in [6.45, 7) is 23.7. The van der Waals surface area contributed by atoms with Crippen LogP contribution in [-0.4, -0.2) is 18.5 Å². The van der Waals surface area contributed by atoms with Crippen LogP contribution in [0.5, 0.6) is 0 Å². The second-order valence-corrected chi connectivity index (χ2v) is 11.9. The summed E-state index contributed by atoms with van der Waals surface area (Å²) in [5.74, 6) is 0.346. The van der Waals surface area contributed by atoms with Crippen molar-refractivity contribution in [3.8, 4) is 0 Å². The van der Waals surface area contributed by atoms with Crippen LogP contribution in [0.2, 0.25) is 0 Å². The van der Waals surface area contributed by atoms with Crippen molar-refractivity contribution in [2.75, 3.05) is 13.6 Å². The van der Waals surface area contributed by atoms with E-state index in [-0.39, 0.29) is 10.8 Å². The lowest BCUT2D eigenvalue weighted by Gasteiger charge is -2.33. The molecule has 0 radical (unpaired) electrons. The van der Waals surface area contributed by atoms with Gasteiger partial charge in [-0.3, -0.25) is 0 Å². The van der Waals surface area contributed by atoms with Gasteiger partial charge in [0.15, 0.2) is 0 Å². The predicted molar refractivity (Wildman–Crippen MR) is 157 cm³/mol. The van der Waals surface area contributed by atoms with Gasteiger partial charge in [0.25, 0.3) is 0 Å². The van der Waals surface area contributed by atoms with Crippen molar-refractivity contribution in [2.45, 2.75) is 75.7 Å². The fraction of sp³-hybridized carbons (Fsp3) is 0.471. The lowest BCUT2D eigenvalue weighted by atomic mass is 9.72. The fourth-order valence-electron chi connectivity index (χ4n) is 4.46. The van der Waals surface area contributed by atoms with Gasteiger partial charge in [0.1, 0.15) is 0 Å². The van der Waals surface area contributed by atoms with Gasteiger partial charge in [-0.25, -0.2) is 0 Å². The van der Waals surface area contributed by atoms with Gasteiger partial charge in [-0.05, 0) is 79.0 Å². The second-order valence-electron chi connectivity index (χ2n) is 11.9. The van der Waals surface area contributed by atoms with Crippen LogP contribution < -0.4 is 0 Å². The third kappa shape index (κ3) is 7.72. The highest BCUT2D eigenvalue weighted by atomic mass is 15.1. The van der Waals surface area contributed by atoms with E-state index >= 15 is 0 Å². The minimum absolute atomic E-state index is 0.0108. The number of rotatable bonds is 6. The minimum Gasteiger partial charge on any atom is -0.377 e. The maximum Gasteiger partial charge on any atom is 0.0353 e. The van der Waals surface area contributed by atoms with Crippen molar-refractivity contribution in [1.29, 1.82) is 0 Å². The molecular weight excluding hydrogens is 422 g/mol. The van der Waals surface area contributed by atoms with Crippen molar-refractivity contribution >= 4 is 0 Å². The molecule has 0 aromatic rings. The Morgan fingerprint density at radius 3 is 2.43 bits per heavy atom. The van der Waals surface area contributed by atoms with Crippen molar-refractivity contribution in [2.24, 2.45) is 16.7 Å². The molecule has 0 heterocycles. The van der Waals surface area contributed by atoms with Crippen LogP contribution in [0.3, 0.4) is 0 Å². The van der Waals surface area contributed by atoms with E-state index in [1.54, 1.807) is 0 Å². The van der Waals surface area contributed by atoms with Gasteiger partial charge in [-0.2, -0.15) is 0 Å². The van der Waals surface area contributed by atoms with E-state index in [0.717, 1.165) is 13.0 Å². The average molecular weight is 472 g/mol. The SMILES string of the molecule is C/C=C\N(C)C/C=C/C1=C2\C=CC=C(/C=C(/C(C)=C/C)CC(C)(C)C(/C=C(\C)C(C)(C)C)=C\1)C2C. The number of nitrogens with zero attached hydrogens (tertiary/aromatic N) is 1. The van der Waals surface area contributed by atoms with Gasteiger partial charge in [-0.1, -0.05) is 113 Å². The van der Waals surface area contributed by atoms with Gasteiger partial charge in [-0.15, -0.1) is 0 Å². The highest BCUT2D eigenvalue weighted by Crippen LogP contribution is 2.42. The Hall–Kier alpha value is -2.54. The van der Waals surface area contributed by atoms with Gasteiger partial charge in [0, 0.05) is 19.5 Å². The Morgan fingerprint density at radius 2 is 1.83 bits per heavy atom. The maximum atomic E-state index is 2.47. The van der Waals surface area contributed by atoms with Crippen LogP contribution in [0.25, 0.3) is 0 Å². The summed E-state index contributed by atoms with van der Waals surface area (Å²) in [5.41, 5.74) is 9.83. The summed E-state index contributed by atoms with van der Waals surface area (Å²) in [6.07, 6.45) is 26.3. The van der Waals surface area contributed by atoms with Crippen LogP contribution in [-0.2, 0) is 0 Å². The molecule has 0 saturated carbocycles. The molecule has 2 rings (SSSR count). The number of allylic oxidation sites excluding steroid dienone is 16. The maximum absolute atomic E-state index is 2.47. The van der Waals surface area contributed by atoms with Crippen LogP contribution in [0.15, 0.2) is 106 Å². The number of hydrogen-bond donors (Lipinski definition) is 0. The van der Waals surface area contributed by atoms with Crippen LogP contribution >= 0.6 is 0 Å². The summed E-state index contributed by atoms with van der Waals surface area (Å²) in [7, 11) is 2.12. The Kier molecular flexibility index (Phi) is 9.78. The molecule has 0 aliphatic heterocycles. The lowest BCUT2D eigenvalue weighted by Crippen LogP contribution is -2.19. The number of hydrogen-bond acceptors (Lipinski definition) is 1. The lowest BCUT2D eigenvalue weighted by molar-refractivity contribution is 0.447.